The number of unbranched alkanes of at least 4 members (excludes halogenated alkanes) is 12. The van der Waals surface area contributed by atoms with Gasteiger partial charge in [0.1, 0.15) is 0 Å². The Labute approximate surface area is 210 Å². The van der Waals surface area contributed by atoms with E-state index in [0.29, 0.717) is 12.8 Å². The van der Waals surface area contributed by atoms with Crippen LogP contribution in [0.15, 0.2) is 0 Å². The maximum atomic E-state index is 11.9. The number of carbonyl (C=O) groups excluding carboxylic acids is 2. The SMILES string of the molecule is CCCCCCCCCCCCCCCC(=O)N[C@H](C(=O)[O-])[C@@H](C)CC.[K+]. The van der Waals surface area contributed by atoms with Crippen molar-refractivity contribution in [3.05, 3.63) is 0 Å². The fraction of sp³-hybridized carbons (Fsp3) is 0.909. The Bertz CT molecular complexity index is 363. The average Bonchev–Trinajstić information content (AvgIpc) is 2.62. The summed E-state index contributed by atoms with van der Waals surface area (Å²) in [5.74, 6) is -1.45. The number of nitrogens with one attached hydrogen (secondary N) is 1. The van der Waals surface area contributed by atoms with Gasteiger partial charge in [-0.1, -0.05) is 104 Å². The first-order valence-corrected chi connectivity index (χ1v) is 11.0. The van der Waals surface area contributed by atoms with Crippen LogP contribution in [0.1, 0.15) is 117 Å². The Morgan fingerprint density at radius 1 is 0.778 bits per heavy atom. The van der Waals surface area contributed by atoms with E-state index >= 15 is 0 Å². The number of rotatable bonds is 18. The number of amides is 1. The first-order valence-electron chi connectivity index (χ1n) is 11.0. The van der Waals surface area contributed by atoms with Crippen LogP contribution >= 0.6 is 0 Å². The summed E-state index contributed by atoms with van der Waals surface area (Å²) in [4.78, 5) is 23.0. The number of hydrogen-bond donors (Lipinski definition) is 1. The molecular weight excluding hydrogens is 365 g/mol. The van der Waals surface area contributed by atoms with Crippen molar-refractivity contribution in [2.45, 2.75) is 123 Å². The molecule has 154 valence electrons. The predicted molar refractivity (Wildman–Crippen MR) is 107 cm³/mol. The Morgan fingerprint density at radius 2 is 1.19 bits per heavy atom. The molecule has 0 aromatic carbocycles. The maximum Gasteiger partial charge on any atom is 1.00 e. The normalized spacial score (nSPS) is 12.9. The van der Waals surface area contributed by atoms with Crippen LogP contribution in [0.5, 0.6) is 0 Å². The molecule has 0 aliphatic rings. The molecule has 27 heavy (non-hydrogen) atoms. The Hall–Kier alpha value is 0.576. The zero-order valence-electron chi connectivity index (χ0n) is 18.5. The van der Waals surface area contributed by atoms with Crippen LogP contribution in [0, 0.1) is 5.92 Å². The number of hydrogen-bond acceptors (Lipinski definition) is 3. The van der Waals surface area contributed by atoms with Crippen molar-refractivity contribution in [3.8, 4) is 0 Å². The minimum Gasteiger partial charge on any atom is -0.548 e. The molecule has 0 aromatic heterocycles. The molecule has 5 heteroatoms. The third-order valence-electron chi connectivity index (χ3n) is 5.29. The summed E-state index contributed by atoms with van der Waals surface area (Å²) in [6.45, 7) is 5.99. The van der Waals surface area contributed by atoms with Gasteiger partial charge >= 0.3 is 51.4 Å². The third kappa shape index (κ3) is 18.4. The molecule has 0 fully saturated rings. The van der Waals surface area contributed by atoms with E-state index in [-0.39, 0.29) is 63.2 Å². The molecule has 0 aliphatic heterocycles. The van der Waals surface area contributed by atoms with Crippen LogP contribution in [-0.2, 0) is 9.59 Å². The molecule has 0 aromatic rings. The summed E-state index contributed by atoms with van der Waals surface area (Å²) in [6, 6.07) is -0.866. The van der Waals surface area contributed by atoms with E-state index in [0.717, 1.165) is 12.8 Å². The third-order valence-corrected chi connectivity index (χ3v) is 5.29. The largest absolute Gasteiger partial charge is 1.00 e. The molecule has 0 heterocycles. The van der Waals surface area contributed by atoms with Crippen molar-refractivity contribution >= 4 is 11.9 Å². The van der Waals surface area contributed by atoms with Crippen LogP contribution in [-0.4, -0.2) is 17.9 Å². The smallest absolute Gasteiger partial charge is 0.548 e. The van der Waals surface area contributed by atoms with Crippen molar-refractivity contribution in [1.29, 1.82) is 0 Å². The fourth-order valence-electron chi connectivity index (χ4n) is 3.22. The molecule has 0 spiro atoms. The molecule has 0 bridgehead atoms. The van der Waals surface area contributed by atoms with E-state index in [9.17, 15) is 14.7 Å². The maximum absolute atomic E-state index is 11.9. The topological polar surface area (TPSA) is 69.2 Å². The molecule has 0 saturated carbocycles. The van der Waals surface area contributed by atoms with Gasteiger partial charge in [-0.25, -0.2) is 0 Å². The van der Waals surface area contributed by atoms with Crippen LogP contribution in [0.4, 0.5) is 0 Å². The van der Waals surface area contributed by atoms with Crippen molar-refractivity contribution in [2.24, 2.45) is 5.92 Å². The first-order chi connectivity index (χ1) is 12.5. The summed E-state index contributed by atoms with van der Waals surface area (Å²) in [6.07, 6.45) is 17.6. The number of aliphatic carboxylic acids is 1. The van der Waals surface area contributed by atoms with Gasteiger partial charge in [-0.2, -0.15) is 0 Å². The second-order valence-electron chi connectivity index (χ2n) is 7.74. The quantitative estimate of drug-likeness (QED) is 0.278. The number of carbonyl (C=O) groups is 2. The van der Waals surface area contributed by atoms with Gasteiger partial charge in [0.25, 0.3) is 0 Å². The van der Waals surface area contributed by atoms with E-state index in [2.05, 4.69) is 12.2 Å². The molecule has 0 unspecified atom stereocenters. The van der Waals surface area contributed by atoms with Gasteiger partial charge in [-0.3, -0.25) is 4.79 Å². The molecule has 0 rings (SSSR count). The Morgan fingerprint density at radius 3 is 1.56 bits per heavy atom. The van der Waals surface area contributed by atoms with Gasteiger partial charge in [0, 0.05) is 6.42 Å². The van der Waals surface area contributed by atoms with Gasteiger partial charge < -0.3 is 15.2 Å². The minimum absolute atomic E-state index is 0. The monoisotopic (exact) mass is 407 g/mol. The molecule has 0 aliphatic carbocycles. The summed E-state index contributed by atoms with van der Waals surface area (Å²) in [5, 5.41) is 13.7. The second kappa shape index (κ2) is 21.3. The zero-order chi connectivity index (χ0) is 19.6. The molecular formula is C22H42KNO3. The molecule has 1 amide bonds. The zero-order valence-corrected chi connectivity index (χ0v) is 21.6. The van der Waals surface area contributed by atoms with Gasteiger partial charge in [0.2, 0.25) is 5.91 Å². The average molecular weight is 408 g/mol. The van der Waals surface area contributed by atoms with E-state index in [1.54, 1.807) is 0 Å². The van der Waals surface area contributed by atoms with Crippen molar-refractivity contribution < 1.29 is 66.1 Å². The van der Waals surface area contributed by atoms with Gasteiger partial charge in [0.15, 0.2) is 0 Å². The van der Waals surface area contributed by atoms with Crippen LogP contribution in [0.3, 0.4) is 0 Å². The first kappa shape index (κ1) is 29.8. The van der Waals surface area contributed by atoms with Crippen LogP contribution in [0.25, 0.3) is 0 Å². The van der Waals surface area contributed by atoms with Gasteiger partial charge in [-0.15, -0.1) is 0 Å². The Balaban J connectivity index is 0. The van der Waals surface area contributed by atoms with E-state index < -0.39 is 12.0 Å². The van der Waals surface area contributed by atoms with E-state index in [4.69, 9.17) is 0 Å². The molecule has 4 nitrogen and oxygen atoms in total. The number of carboxylic acids is 1. The second-order valence-corrected chi connectivity index (χ2v) is 7.74. The summed E-state index contributed by atoms with van der Waals surface area (Å²) in [7, 11) is 0. The fourth-order valence-corrected chi connectivity index (χ4v) is 3.22. The van der Waals surface area contributed by atoms with E-state index in [1.165, 1.54) is 70.6 Å². The minimum atomic E-state index is -1.18. The molecule has 2 atom stereocenters. The summed E-state index contributed by atoms with van der Waals surface area (Å²) < 4.78 is 0. The Kier molecular flexibility index (Phi) is 23.5. The van der Waals surface area contributed by atoms with Crippen LogP contribution < -0.4 is 61.8 Å². The summed E-state index contributed by atoms with van der Waals surface area (Å²) >= 11 is 0. The van der Waals surface area contributed by atoms with Crippen LogP contribution in [0.2, 0.25) is 0 Å². The molecule has 1 N–H and O–H groups in total. The van der Waals surface area contributed by atoms with Crippen molar-refractivity contribution in [2.75, 3.05) is 0 Å². The van der Waals surface area contributed by atoms with Gasteiger partial charge in [0.05, 0.1) is 12.0 Å². The summed E-state index contributed by atoms with van der Waals surface area (Å²) in [5.41, 5.74) is 0. The van der Waals surface area contributed by atoms with Gasteiger partial charge in [-0.05, 0) is 12.3 Å². The standard InChI is InChI=1S/C22H43NO3.K/c1-4-6-7-8-9-10-11-12-13-14-15-16-17-18-20(24)23-21(22(25)26)19(3)5-2;/h19,21H,4-18H2,1-3H3,(H,23,24)(H,25,26);/q;+1/p-1/t19-,21-;/m0./s1. The van der Waals surface area contributed by atoms with Crippen molar-refractivity contribution in [3.63, 3.8) is 0 Å². The van der Waals surface area contributed by atoms with Crippen molar-refractivity contribution in [1.82, 2.24) is 5.32 Å². The predicted octanol–water partition coefficient (Wildman–Crippen LogP) is 1.75. The van der Waals surface area contributed by atoms with E-state index in [1.807, 2.05) is 13.8 Å². The molecule has 0 radical (unpaired) electrons. The molecule has 0 saturated heterocycles. The number of carboxylic acid groups (broad SMARTS) is 1.